The van der Waals surface area contributed by atoms with Crippen molar-refractivity contribution in [2.45, 2.75) is 61.4 Å². The highest BCUT2D eigenvalue weighted by Crippen LogP contribution is 2.28. The first-order chi connectivity index (χ1) is 10.8. The highest BCUT2D eigenvalue weighted by atomic mass is 16.7. The van der Waals surface area contributed by atoms with Crippen molar-refractivity contribution in [3.63, 3.8) is 0 Å². The summed E-state index contributed by atoms with van der Waals surface area (Å²) in [6.45, 7) is -1.35. The lowest BCUT2D eigenvalue weighted by Crippen LogP contribution is -2.64. The molecule has 0 saturated carbocycles. The lowest BCUT2D eigenvalue weighted by atomic mass is 9.97. The van der Waals surface area contributed by atoms with E-state index in [0.29, 0.717) is 0 Å². The topological polar surface area (TPSA) is 190 Å². The lowest BCUT2D eigenvalue weighted by Gasteiger charge is -2.45. The molecule has 0 radical (unpaired) electrons. The van der Waals surface area contributed by atoms with Gasteiger partial charge in [0.1, 0.15) is 48.8 Å². The third kappa shape index (κ3) is 3.65. The van der Waals surface area contributed by atoms with Crippen LogP contribution < -0.4 is 0 Å². The van der Waals surface area contributed by atoms with E-state index < -0.39 is 74.6 Å². The highest BCUT2D eigenvalue weighted by Gasteiger charge is 2.50. The first-order valence-electron chi connectivity index (χ1n) is 7.08. The van der Waals surface area contributed by atoms with Crippen molar-refractivity contribution in [2.24, 2.45) is 0 Å². The molecule has 11 heteroatoms. The fourth-order valence-electron chi connectivity index (χ4n) is 2.57. The van der Waals surface area contributed by atoms with Crippen molar-refractivity contribution < 1.29 is 55.1 Å². The fraction of sp³-hybridized carbons (Fsp3) is 1.00. The Morgan fingerprint density at radius 1 is 0.652 bits per heavy atom. The Morgan fingerprint density at radius 3 is 1.83 bits per heavy atom. The molecule has 0 unspecified atom stereocenters. The van der Waals surface area contributed by atoms with Gasteiger partial charge in [0.25, 0.3) is 0 Å². The van der Waals surface area contributed by atoms with Crippen LogP contribution in [0.2, 0.25) is 0 Å². The zero-order valence-electron chi connectivity index (χ0n) is 12.0. The van der Waals surface area contributed by atoms with Crippen molar-refractivity contribution in [2.75, 3.05) is 13.2 Å². The second kappa shape index (κ2) is 7.63. The molecular formula is C12H22O11. The maximum atomic E-state index is 9.94. The third-order valence-corrected chi connectivity index (χ3v) is 3.98. The first-order valence-corrected chi connectivity index (χ1v) is 7.08. The van der Waals surface area contributed by atoms with Gasteiger partial charge in [-0.3, -0.25) is 0 Å². The molecule has 136 valence electrons. The molecule has 0 aromatic carbocycles. The number of ether oxygens (including phenoxy) is 3. The Bertz CT molecular complexity index is 378. The summed E-state index contributed by atoms with van der Waals surface area (Å²) in [4.78, 5) is 0. The minimum atomic E-state index is -1.74. The van der Waals surface area contributed by atoms with E-state index in [-0.39, 0.29) is 0 Å². The standard InChI is InChI=1S/C12H22O11/c13-1-3-5(15)6(16)9(19)12(22-3)23-10-4(2-14)21-11(20)8(18)7(10)17/h3-20H,1-2H2/t3-,4-,5+,6-,7-,8-,9-,10-,11-,12+/m1/s1. The van der Waals surface area contributed by atoms with E-state index in [1.54, 1.807) is 0 Å². The van der Waals surface area contributed by atoms with E-state index in [2.05, 4.69) is 0 Å². The van der Waals surface area contributed by atoms with Gasteiger partial charge in [0.05, 0.1) is 13.2 Å². The van der Waals surface area contributed by atoms with Crippen molar-refractivity contribution in [1.82, 2.24) is 0 Å². The molecule has 0 spiro atoms. The molecule has 2 heterocycles. The SMILES string of the molecule is OC[C@H]1O[C@@H](O[C@H]2[C@H](O)[C@@H](O)[C@H](O)O[C@@H]2CO)[C@H](O)[C@H](O)[C@H]1O. The Hall–Kier alpha value is -0.440. The smallest absolute Gasteiger partial charge is 0.187 e. The van der Waals surface area contributed by atoms with Gasteiger partial charge < -0.3 is 55.1 Å². The molecule has 0 aromatic heterocycles. The maximum Gasteiger partial charge on any atom is 0.187 e. The summed E-state index contributed by atoms with van der Waals surface area (Å²) in [5.74, 6) is 0. The van der Waals surface area contributed by atoms with Crippen LogP contribution in [0.4, 0.5) is 0 Å². The van der Waals surface area contributed by atoms with Gasteiger partial charge in [-0.2, -0.15) is 0 Å². The molecule has 0 amide bonds. The zero-order valence-corrected chi connectivity index (χ0v) is 12.0. The van der Waals surface area contributed by atoms with E-state index in [0.717, 1.165) is 0 Å². The monoisotopic (exact) mass is 342 g/mol. The number of hydrogen-bond donors (Lipinski definition) is 8. The van der Waals surface area contributed by atoms with Crippen LogP contribution in [-0.4, -0.2) is 115 Å². The Morgan fingerprint density at radius 2 is 1.26 bits per heavy atom. The van der Waals surface area contributed by atoms with Crippen LogP contribution in [0.1, 0.15) is 0 Å². The fourth-order valence-corrected chi connectivity index (χ4v) is 2.57. The van der Waals surface area contributed by atoms with E-state index in [1.165, 1.54) is 0 Å². The Labute approximate surface area is 130 Å². The molecule has 2 aliphatic rings. The zero-order chi connectivity index (χ0) is 17.3. The van der Waals surface area contributed by atoms with Crippen LogP contribution in [-0.2, 0) is 14.2 Å². The van der Waals surface area contributed by atoms with Gasteiger partial charge in [-0.15, -0.1) is 0 Å². The van der Waals surface area contributed by atoms with E-state index in [9.17, 15) is 35.7 Å². The second-order valence-electron chi connectivity index (χ2n) is 5.53. The molecule has 10 atom stereocenters. The summed E-state index contributed by atoms with van der Waals surface area (Å²) in [5, 5.41) is 76.5. The van der Waals surface area contributed by atoms with Crippen LogP contribution in [0.15, 0.2) is 0 Å². The Kier molecular flexibility index (Phi) is 6.27. The van der Waals surface area contributed by atoms with Crippen LogP contribution >= 0.6 is 0 Å². The molecule has 0 aliphatic carbocycles. The van der Waals surface area contributed by atoms with Crippen LogP contribution in [0, 0.1) is 0 Å². The van der Waals surface area contributed by atoms with Gasteiger partial charge in [-0.25, -0.2) is 0 Å². The van der Waals surface area contributed by atoms with Gasteiger partial charge in [0, 0.05) is 0 Å². The normalized spacial score (nSPS) is 51.7. The molecule has 2 rings (SSSR count). The minimum Gasteiger partial charge on any atom is -0.394 e. The van der Waals surface area contributed by atoms with Crippen LogP contribution in [0.5, 0.6) is 0 Å². The van der Waals surface area contributed by atoms with Crippen molar-refractivity contribution in [3.8, 4) is 0 Å². The molecule has 0 bridgehead atoms. The summed E-state index contributed by atoms with van der Waals surface area (Å²) in [5.41, 5.74) is 0. The maximum absolute atomic E-state index is 9.94. The Balaban J connectivity index is 2.11. The molecule has 0 aromatic rings. The van der Waals surface area contributed by atoms with Crippen molar-refractivity contribution in [3.05, 3.63) is 0 Å². The minimum absolute atomic E-state index is 0.667. The first kappa shape index (κ1) is 18.9. The van der Waals surface area contributed by atoms with Gasteiger partial charge in [0.15, 0.2) is 12.6 Å². The largest absolute Gasteiger partial charge is 0.394 e. The van der Waals surface area contributed by atoms with Gasteiger partial charge in [-0.1, -0.05) is 0 Å². The summed E-state index contributed by atoms with van der Waals surface area (Å²) in [7, 11) is 0. The number of hydrogen-bond acceptors (Lipinski definition) is 11. The number of aliphatic hydroxyl groups is 8. The van der Waals surface area contributed by atoms with E-state index in [4.69, 9.17) is 19.3 Å². The van der Waals surface area contributed by atoms with Gasteiger partial charge in [0.2, 0.25) is 0 Å². The molecule has 2 saturated heterocycles. The molecule has 8 N–H and O–H groups in total. The van der Waals surface area contributed by atoms with Crippen molar-refractivity contribution in [1.29, 1.82) is 0 Å². The average molecular weight is 342 g/mol. The predicted molar refractivity (Wildman–Crippen MR) is 68.6 cm³/mol. The highest BCUT2D eigenvalue weighted by molar-refractivity contribution is 4.93. The molecule has 23 heavy (non-hydrogen) atoms. The number of rotatable bonds is 4. The molecule has 2 fully saturated rings. The van der Waals surface area contributed by atoms with Crippen LogP contribution in [0.25, 0.3) is 0 Å². The predicted octanol–water partition coefficient (Wildman–Crippen LogP) is -5.40. The molecule has 11 nitrogen and oxygen atoms in total. The quantitative estimate of drug-likeness (QED) is 0.243. The average Bonchev–Trinajstić information content (AvgIpc) is 2.55. The number of aliphatic hydroxyl groups excluding tert-OH is 8. The summed E-state index contributed by atoms with van der Waals surface area (Å²) >= 11 is 0. The summed E-state index contributed by atoms with van der Waals surface area (Å²) in [6.07, 6.45) is -15.6. The van der Waals surface area contributed by atoms with Crippen LogP contribution in [0.3, 0.4) is 0 Å². The van der Waals surface area contributed by atoms with E-state index in [1.807, 2.05) is 0 Å². The van der Waals surface area contributed by atoms with Crippen molar-refractivity contribution >= 4 is 0 Å². The van der Waals surface area contributed by atoms with Gasteiger partial charge in [-0.05, 0) is 0 Å². The summed E-state index contributed by atoms with van der Waals surface area (Å²) < 4.78 is 15.3. The van der Waals surface area contributed by atoms with Gasteiger partial charge >= 0.3 is 0 Å². The summed E-state index contributed by atoms with van der Waals surface area (Å²) in [6, 6.07) is 0. The second-order valence-corrected chi connectivity index (χ2v) is 5.53. The molecular weight excluding hydrogens is 320 g/mol. The van der Waals surface area contributed by atoms with E-state index >= 15 is 0 Å². The lowest BCUT2D eigenvalue weighted by molar-refractivity contribution is -0.355. The third-order valence-electron chi connectivity index (χ3n) is 3.98. The molecule has 2 aliphatic heterocycles.